The molecule has 2 fully saturated rings. The van der Waals surface area contributed by atoms with Gasteiger partial charge in [-0.05, 0) is 42.9 Å². The lowest BCUT2D eigenvalue weighted by molar-refractivity contribution is -0.119. The maximum Gasteiger partial charge on any atom is 0.230 e. The predicted molar refractivity (Wildman–Crippen MR) is 88.2 cm³/mol. The van der Waals surface area contributed by atoms with Crippen molar-refractivity contribution in [2.75, 3.05) is 44.2 Å². The summed E-state index contributed by atoms with van der Waals surface area (Å²) in [6.07, 6.45) is 4.32. The third-order valence-corrected chi connectivity index (χ3v) is 5.16. The maximum atomic E-state index is 12.3. The van der Waals surface area contributed by atoms with Crippen LogP contribution in [0.1, 0.15) is 24.0 Å². The fourth-order valence-corrected chi connectivity index (χ4v) is 3.61. The van der Waals surface area contributed by atoms with Gasteiger partial charge in [0.1, 0.15) is 0 Å². The van der Waals surface area contributed by atoms with Gasteiger partial charge in [-0.25, -0.2) is 0 Å². The van der Waals surface area contributed by atoms with Crippen LogP contribution in [0, 0.1) is 5.92 Å². The van der Waals surface area contributed by atoms with Crippen LogP contribution in [0.25, 0.3) is 0 Å². The molecule has 0 bridgehead atoms. The summed E-state index contributed by atoms with van der Waals surface area (Å²) < 4.78 is 0. The lowest BCUT2D eigenvalue weighted by Crippen LogP contribution is -2.44. The van der Waals surface area contributed by atoms with E-state index in [0.717, 1.165) is 65.0 Å². The molecule has 1 N–H and O–H groups in total. The summed E-state index contributed by atoms with van der Waals surface area (Å²) in [6.45, 7) is 6.57. The van der Waals surface area contributed by atoms with Crippen LogP contribution in [0.5, 0.6) is 0 Å². The minimum Gasteiger partial charge on any atom is -0.314 e. The molecule has 2 aliphatic heterocycles. The van der Waals surface area contributed by atoms with Crippen molar-refractivity contribution in [1.82, 2.24) is 10.2 Å². The van der Waals surface area contributed by atoms with Gasteiger partial charge < -0.3 is 15.1 Å². The van der Waals surface area contributed by atoms with Crippen LogP contribution in [0.4, 0.5) is 5.69 Å². The number of fused-ring (bicyclic) bond motifs is 1. The number of hydrogen-bond donors (Lipinski definition) is 1. The molecular formula is C18H25N3O. The Morgan fingerprint density at radius 2 is 2.00 bits per heavy atom. The van der Waals surface area contributed by atoms with Crippen molar-refractivity contribution in [1.29, 1.82) is 0 Å². The number of hydrogen-bond acceptors (Lipinski definition) is 3. The Hall–Kier alpha value is -1.39. The number of carbonyl (C=O) groups is 1. The molecule has 1 saturated heterocycles. The molecule has 0 spiro atoms. The molecule has 22 heavy (non-hydrogen) atoms. The van der Waals surface area contributed by atoms with Gasteiger partial charge >= 0.3 is 0 Å². The highest BCUT2D eigenvalue weighted by molar-refractivity contribution is 5.98. The fraction of sp³-hybridized carbons (Fsp3) is 0.611. The van der Waals surface area contributed by atoms with E-state index in [2.05, 4.69) is 28.4 Å². The molecular weight excluding hydrogens is 274 g/mol. The Labute approximate surface area is 132 Å². The smallest absolute Gasteiger partial charge is 0.230 e. The average molecular weight is 299 g/mol. The standard InChI is InChI=1S/C18H25N3O/c22-18(15-2-3-15)21-10-6-16-13-14(1-4-17(16)21)5-9-20-11-7-19-8-12-20/h1,4,13,15,19H,2-3,5-12H2. The minimum atomic E-state index is 0.318. The average Bonchev–Trinajstić information content (AvgIpc) is 3.33. The maximum absolute atomic E-state index is 12.3. The summed E-state index contributed by atoms with van der Waals surface area (Å²) in [4.78, 5) is 16.9. The van der Waals surface area contributed by atoms with Gasteiger partial charge in [0.15, 0.2) is 0 Å². The summed E-state index contributed by atoms with van der Waals surface area (Å²) in [6, 6.07) is 6.73. The fourth-order valence-electron chi connectivity index (χ4n) is 3.61. The molecule has 0 radical (unpaired) electrons. The van der Waals surface area contributed by atoms with Crippen LogP contribution in [-0.4, -0.2) is 50.1 Å². The first-order valence-corrected chi connectivity index (χ1v) is 8.67. The van der Waals surface area contributed by atoms with Crippen molar-refractivity contribution >= 4 is 11.6 Å². The second kappa shape index (κ2) is 6.01. The van der Waals surface area contributed by atoms with E-state index in [1.807, 2.05) is 4.90 Å². The largest absolute Gasteiger partial charge is 0.314 e. The predicted octanol–water partition coefficient (Wildman–Crippen LogP) is 1.43. The minimum absolute atomic E-state index is 0.318. The van der Waals surface area contributed by atoms with Gasteiger partial charge in [-0.1, -0.05) is 12.1 Å². The Morgan fingerprint density at radius 1 is 1.18 bits per heavy atom. The Balaban J connectivity index is 1.40. The summed E-state index contributed by atoms with van der Waals surface area (Å²) in [5.74, 6) is 0.672. The molecule has 3 aliphatic rings. The first-order chi connectivity index (χ1) is 10.8. The number of nitrogens with one attached hydrogen (secondary N) is 1. The highest BCUT2D eigenvalue weighted by Crippen LogP contribution is 2.36. The Bertz CT molecular complexity index is 561. The van der Waals surface area contributed by atoms with Crippen LogP contribution < -0.4 is 10.2 Å². The van der Waals surface area contributed by atoms with E-state index in [9.17, 15) is 4.79 Å². The molecule has 1 aromatic carbocycles. The van der Waals surface area contributed by atoms with Crippen molar-refractivity contribution in [2.24, 2.45) is 5.92 Å². The van der Waals surface area contributed by atoms with E-state index >= 15 is 0 Å². The monoisotopic (exact) mass is 299 g/mol. The quantitative estimate of drug-likeness (QED) is 0.914. The molecule has 1 amide bonds. The lowest BCUT2D eigenvalue weighted by Gasteiger charge is -2.27. The van der Waals surface area contributed by atoms with Crippen molar-refractivity contribution < 1.29 is 4.79 Å². The topological polar surface area (TPSA) is 35.6 Å². The van der Waals surface area contributed by atoms with E-state index < -0.39 is 0 Å². The van der Waals surface area contributed by atoms with Crippen LogP contribution in [0.15, 0.2) is 18.2 Å². The van der Waals surface area contributed by atoms with E-state index in [4.69, 9.17) is 0 Å². The third kappa shape index (κ3) is 2.90. The van der Waals surface area contributed by atoms with E-state index in [1.54, 1.807) is 0 Å². The summed E-state index contributed by atoms with van der Waals surface area (Å²) in [7, 11) is 0. The second-order valence-electron chi connectivity index (χ2n) is 6.82. The normalized spacial score (nSPS) is 21.9. The molecule has 0 unspecified atom stereocenters. The number of piperazine rings is 1. The van der Waals surface area contributed by atoms with Crippen molar-refractivity contribution in [2.45, 2.75) is 25.7 Å². The molecule has 2 heterocycles. The van der Waals surface area contributed by atoms with Crippen molar-refractivity contribution in [3.05, 3.63) is 29.3 Å². The van der Waals surface area contributed by atoms with E-state index in [0.29, 0.717) is 11.8 Å². The van der Waals surface area contributed by atoms with Gasteiger partial charge in [0.2, 0.25) is 5.91 Å². The van der Waals surface area contributed by atoms with E-state index in [-0.39, 0.29) is 0 Å². The lowest BCUT2D eigenvalue weighted by atomic mass is 10.1. The first-order valence-electron chi connectivity index (χ1n) is 8.67. The Kier molecular flexibility index (Phi) is 3.89. The number of anilines is 1. The summed E-state index contributed by atoms with van der Waals surface area (Å²) in [5, 5.41) is 3.40. The van der Waals surface area contributed by atoms with Gasteiger partial charge in [-0.3, -0.25) is 4.79 Å². The van der Waals surface area contributed by atoms with Crippen molar-refractivity contribution in [3.8, 4) is 0 Å². The number of carbonyl (C=O) groups excluding carboxylic acids is 1. The molecule has 1 aromatic rings. The first kappa shape index (κ1) is 14.2. The molecule has 4 nitrogen and oxygen atoms in total. The summed E-state index contributed by atoms with van der Waals surface area (Å²) >= 11 is 0. The molecule has 0 atom stereocenters. The van der Waals surface area contributed by atoms with Crippen LogP contribution in [0.2, 0.25) is 0 Å². The zero-order valence-electron chi connectivity index (χ0n) is 13.2. The number of nitrogens with zero attached hydrogens (tertiary/aromatic N) is 2. The molecule has 1 saturated carbocycles. The van der Waals surface area contributed by atoms with Gasteiger partial charge in [0, 0.05) is 50.9 Å². The SMILES string of the molecule is O=C(C1CC1)N1CCc2cc(CCN3CCNCC3)ccc21. The van der Waals surface area contributed by atoms with Gasteiger partial charge in [-0.2, -0.15) is 0 Å². The Morgan fingerprint density at radius 3 is 2.77 bits per heavy atom. The van der Waals surface area contributed by atoms with Gasteiger partial charge in [-0.15, -0.1) is 0 Å². The van der Waals surface area contributed by atoms with Crippen LogP contribution >= 0.6 is 0 Å². The van der Waals surface area contributed by atoms with E-state index in [1.165, 1.54) is 16.8 Å². The molecule has 4 heteroatoms. The van der Waals surface area contributed by atoms with Gasteiger partial charge in [0.25, 0.3) is 0 Å². The van der Waals surface area contributed by atoms with Crippen molar-refractivity contribution in [3.63, 3.8) is 0 Å². The molecule has 0 aromatic heterocycles. The highest BCUT2D eigenvalue weighted by atomic mass is 16.2. The molecule has 4 rings (SSSR count). The highest BCUT2D eigenvalue weighted by Gasteiger charge is 2.36. The zero-order valence-corrected chi connectivity index (χ0v) is 13.2. The number of amides is 1. The zero-order chi connectivity index (χ0) is 14.9. The third-order valence-electron chi connectivity index (χ3n) is 5.16. The summed E-state index contributed by atoms with van der Waals surface area (Å²) in [5.41, 5.74) is 3.95. The molecule has 1 aliphatic carbocycles. The van der Waals surface area contributed by atoms with Crippen LogP contribution in [-0.2, 0) is 17.6 Å². The van der Waals surface area contributed by atoms with Gasteiger partial charge in [0.05, 0.1) is 0 Å². The number of benzene rings is 1. The number of rotatable bonds is 4. The van der Waals surface area contributed by atoms with Crippen LogP contribution in [0.3, 0.4) is 0 Å². The molecule has 118 valence electrons. The second-order valence-corrected chi connectivity index (χ2v) is 6.82.